The van der Waals surface area contributed by atoms with E-state index in [1.165, 1.54) is 36.1 Å². The minimum atomic E-state index is -0.538. The maximum atomic E-state index is 12.1. The van der Waals surface area contributed by atoms with Crippen molar-refractivity contribution in [2.24, 2.45) is 0 Å². The second kappa shape index (κ2) is 9.22. The van der Waals surface area contributed by atoms with Crippen LogP contribution in [0.5, 0.6) is 0 Å². The van der Waals surface area contributed by atoms with Gasteiger partial charge in [-0.05, 0) is 62.4 Å². The lowest BCUT2D eigenvalue weighted by atomic mass is 9.96. The van der Waals surface area contributed by atoms with E-state index < -0.39 is 11.8 Å². The van der Waals surface area contributed by atoms with Crippen molar-refractivity contribution in [2.75, 3.05) is 44.7 Å². The molecule has 0 aliphatic carbocycles. The first kappa shape index (κ1) is 19.7. The van der Waals surface area contributed by atoms with Crippen LogP contribution >= 0.6 is 0 Å². The summed E-state index contributed by atoms with van der Waals surface area (Å²) in [5, 5.41) is 5.49. The van der Waals surface area contributed by atoms with Gasteiger partial charge in [-0.2, -0.15) is 0 Å². The summed E-state index contributed by atoms with van der Waals surface area (Å²) in [7, 11) is 2.14. The molecule has 6 heteroatoms. The summed E-state index contributed by atoms with van der Waals surface area (Å²) in [6.45, 7) is 6.15. The zero-order valence-corrected chi connectivity index (χ0v) is 16.6. The summed E-state index contributed by atoms with van der Waals surface area (Å²) >= 11 is 0. The topological polar surface area (TPSA) is 64.7 Å². The molecule has 2 N–H and O–H groups in total. The summed E-state index contributed by atoms with van der Waals surface area (Å²) in [4.78, 5) is 28.7. The minimum Gasteiger partial charge on any atom is -0.374 e. The minimum absolute atomic E-state index is 0.118. The summed E-state index contributed by atoms with van der Waals surface area (Å²) < 4.78 is 0. The van der Waals surface area contributed by atoms with Gasteiger partial charge in [-0.1, -0.05) is 19.1 Å². The van der Waals surface area contributed by atoms with Crippen LogP contribution in [0.1, 0.15) is 49.8 Å². The molecular weight excluding hydrogens is 340 g/mol. The van der Waals surface area contributed by atoms with Gasteiger partial charge in [-0.25, -0.2) is 0 Å². The van der Waals surface area contributed by atoms with Gasteiger partial charge in [-0.3, -0.25) is 14.5 Å². The van der Waals surface area contributed by atoms with Crippen molar-refractivity contribution < 1.29 is 9.59 Å². The summed E-state index contributed by atoms with van der Waals surface area (Å²) in [6.07, 6.45) is 5.48. The number of benzene rings is 1. The molecule has 2 aliphatic heterocycles. The average Bonchev–Trinajstić information content (AvgIpc) is 3.20. The van der Waals surface area contributed by atoms with Gasteiger partial charge < -0.3 is 15.5 Å². The van der Waals surface area contributed by atoms with Crippen molar-refractivity contribution in [1.82, 2.24) is 15.5 Å². The quantitative estimate of drug-likeness (QED) is 0.748. The lowest BCUT2D eigenvalue weighted by Crippen LogP contribution is -2.44. The first-order valence-corrected chi connectivity index (χ1v) is 10.2. The van der Waals surface area contributed by atoms with E-state index in [2.05, 4.69) is 45.7 Å². The summed E-state index contributed by atoms with van der Waals surface area (Å²) in [5.41, 5.74) is 3.94. The van der Waals surface area contributed by atoms with E-state index in [9.17, 15) is 9.59 Å². The average molecular weight is 373 g/mol. The molecule has 2 aliphatic rings. The largest absolute Gasteiger partial charge is 0.374 e. The van der Waals surface area contributed by atoms with E-state index in [1.807, 2.05) is 6.92 Å². The predicted octanol–water partition coefficient (Wildman–Crippen LogP) is 1.85. The fourth-order valence-electron chi connectivity index (χ4n) is 4.11. The highest BCUT2D eigenvalue weighted by Crippen LogP contribution is 2.31. The molecule has 0 saturated carbocycles. The molecule has 148 valence electrons. The fourth-order valence-corrected chi connectivity index (χ4v) is 4.11. The van der Waals surface area contributed by atoms with Crippen molar-refractivity contribution in [3.05, 3.63) is 29.3 Å². The van der Waals surface area contributed by atoms with Crippen molar-refractivity contribution in [3.8, 4) is 0 Å². The van der Waals surface area contributed by atoms with Crippen LogP contribution in [0.4, 0.5) is 5.69 Å². The van der Waals surface area contributed by atoms with Crippen molar-refractivity contribution >= 4 is 17.5 Å². The molecule has 1 aromatic carbocycles. The van der Waals surface area contributed by atoms with Gasteiger partial charge in [0.25, 0.3) is 0 Å². The lowest BCUT2D eigenvalue weighted by Gasteiger charge is -2.31. The Bertz CT molecular complexity index is 670. The third-order valence-corrected chi connectivity index (χ3v) is 5.62. The van der Waals surface area contributed by atoms with Gasteiger partial charge in [-0.15, -0.1) is 0 Å². The van der Waals surface area contributed by atoms with Crippen LogP contribution < -0.4 is 15.5 Å². The Labute approximate surface area is 162 Å². The van der Waals surface area contributed by atoms with Crippen molar-refractivity contribution in [2.45, 2.75) is 45.1 Å². The first-order valence-electron chi connectivity index (χ1n) is 10.2. The van der Waals surface area contributed by atoms with Crippen molar-refractivity contribution in [1.29, 1.82) is 0 Å². The van der Waals surface area contributed by atoms with E-state index in [0.717, 1.165) is 32.5 Å². The van der Waals surface area contributed by atoms with Gasteiger partial charge in [0, 0.05) is 32.4 Å². The first-order chi connectivity index (χ1) is 13.1. The fraction of sp³-hybridized carbons (Fsp3) is 0.619. The van der Waals surface area contributed by atoms with E-state index in [1.54, 1.807) is 0 Å². The van der Waals surface area contributed by atoms with Gasteiger partial charge >= 0.3 is 11.8 Å². The molecule has 1 atom stereocenters. The number of rotatable bonds is 6. The van der Waals surface area contributed by atoms with Gasteiger partial charge in [0.05, 0.1) is 6.04 Å². The summed E-state index contributed by atoms with van der Waals surface area (Å²) in [5.74, 6) is -1.07. The zero-order chi connectivity index (χ0) is 19.2. The molecule has 1 aromatic rings. The second-order valence-corrected chi connectivity index (χ2v) is 7.64. The Morgan fingerprint density at radius 2 is 1.81 bits per heavy atom. The number of hydrogen-bond donors (Lipinski definition) is 2. The number of carbonyl (C=O) groups is 2. The third-order valence-electron chi connectivity index (χ3n) is 5.62. The van der Waals surface area contributed by atoms with E-state index in [4.69, 9.17) is 0 Å². The Balaban J connectivity index is 1.72. The molecule has 3 rings (SSSR count). The highest BCUT2D eigenvalue weighted by Gasteiger charge is 2.26. The standard InChI is InChI=1S/C21H32N4O2/c1-3-10-22-20(26)21(27)23-15-19(25-12-4-5-13-25)17-8-9-18-16(14-17)7-6-11-24(18)2/h8-9,14,19H,3-7,10-13,15H2,1-2H3,(H,22,26)(H,23,27)/t19-/m0/s1. The Hall–Kier alpha value is -2.08. The maximum absolute atomic E-state index is 12.1. The lowest BCUT2D eigenvalue weighted by molar-refractivity contribution is -0.139. The van der Waals surface area contributed by atoms with Crippen LogP contribution in [0.25, 0.3) is 0 Å². The van der Waals surface area contributed by atoms with Crippen LogP contribution in [0, 0.1) is 0 Å². The molecule has 6 nitrogen and oxygen atoms in total. The molecular formula is C21H32N4O2. The number of carbonyl (C=O) groups excluding carboxylic acids is 2. The molecule has 2 amide bonds. The van der Waals surface area contributed by atoms with E-state index in [-0.39, 0.29) is 6.04 Å². The van der Waals surface area contributed by atoms with Crippen LogP contribution in [0.2, 0.25) is 0 Å². The number of fused-ring (bicyclic) bond motifs is 1. The van der Waals surface area contributed by atoms with Crippen LogP contribution in [-0.4, -0.2) is 56.5 Å². The van der Waals surface area contributed by atoms with Gasteiger partial charge in [0.1, 0.15) is 0 Å². The molecule has 1 fully saturated rings. The second-order valence-electron chi connectivity index (χ2n) is 7.64. The smallest absolute Gasteiger partial charge is 0.309 e. The van der Waals surface area contributed by atoms with Gasteiger partial charge in [0.15, 0.2) is 0 Å². The SMILES string of the molecule is CCCNC(=O)C(=O)NC[C@@H](c1ccc2c(c1)CCCN2C)N1CCCC1. The number of nitrogens with one attached hydrogen (secondary N) is 2. The Kier molecular flexibility index (Phi) is 6.72. The number of nitrogens with zero attached hydrogens (tertiary/aromatic N) is 2. The molecule has 1 saturated heterocycles. The molecule has 27 heavy (non-hydrogen) atoms. The Morgan fingerprint density at radius 3 is 2.56 bits per heavy atom. The molecule has 0 bridgehead atoms. The monoisotopic (exact) mass is 372 g/mol. The highest BCUT2D eigenvalue weighted by atomic mass is 16.2. The van der Waals surface area contributed by atoms with E-state index >= 15 is 0 Å². The number of aryl methyl sites for hydroxylation is 1. The third kappa shape index (κ3) is 4.80. The van der Waals surface area contributed by atoms with Crippen LogP contribution in [0.15, 0.2) is 18.2 Å². The number of hydrogen-bond acceptors (Lipinski definition) is 4. The van der Waals surface area contributed by atoms with Gasteiger partial charge in [0.2, 0.25) is 0 Å². The Morgan fingerprint density at radius 1 is 1.07 bits per heavy atom. The number of likely N-dealkylation sites (tertiary alicyclic amines) is 1. The van der Waals surface area contributed by atoms with Crippen LogP contribution in [0.3, 0.4) is 0 Å². The van der Waals surface area contributed by atoms with E-state index in [0.29, 0.717) is 13.1 Å². The molecule has 0 spiro atoms. The molecule has 0 radical (unpaired) electrons. The summed E-state index contributed by atoms with van der Waals surface area (Å²) in [6, 6.07) is 6.82. The molecule has 0 unspecified atom stereocenters. The predicted molar refractivity (Wildman–Crippen MR) is 108 cm³/mol. The van der Waals surface area contributed by atoms with Crippen LogP contribution in [-0.2, 0) is 16.0 Å². The molecule has 2 heterocycles. The molecule has 0 aromatic heterocycles. The zero-order valence-electron chi connectivity index (χ0n) is 16.6. The maximum Gasteiger partial charge on any atom is 0.309 e. The van der Waals surface area contributed by atoms with Crippen molar-refractivity contribution in [3.63, 3.8) is 0 Å². The normalized spacial score (nSPS) is 18.1. The number of anilines is 1. The highest BCUT2D eigenvalue weighted by molar-refractivity contribution is 6.35. The number of amides is 2.